The van der Waals surface area contributed by atoms with E-state index in [1.807, 2.05) is 36.4 Å². The molecule has 0 aliphatic heterocycles. The molecule has 0 heterocycles. The molecule has 0 radical (unpaired) electrons. The Morgan fingerprint density at radius 2 is 1.94 bits per heavy atom. The van der Waals surface area contributed by atoms with E-state index in [9.17, 15) is 0 Å². The van der Waals surface area contributed by atoms with Crippen LogP contribution in [0.1, 0.15) is 18.4 Å². The van der Waals surface area contributed by atoms with Gasteiger partial charge in [0.15, 0.2) is 0 Å². The number of hydrogen-bond acceptors (Lipinski definition) is 2. The minimum Gasteiger partial charge on any atom is -0.497 e. The third kappa shape index (κ3) is 2.74. The van der Waals surface area contributed by atoms with Crippen LogP contribution in [0.3, 0.4) is 0 Å². The van der Waals surface area contributed by atoms with E-state index in [4.69, 9.17) is 10.5 Å². The van der Waals surface area contributed by atoms with Crippen molar-refractivity contribution in [3.05, 3.63) is 55.1 Å². The summed E-state index contributed by atoms with van der Waals surface area (Å²) in [6, 6.07) is 7.83. The van der Waals surface area contributed by atoms with Crippen molar-refractivity contribution in [2.24, 2.45) is 5.73 Å². The zero-order chi connectivity index (χ0) is 12.0. The van der Waals surface area contributed by atoms with Gasteiger partial charge in [0.2, 0.25) is 0 Å². The first-order chi connectivity index (χ1) is 7.66. The van der Waals surface area contributed by atoms with Gasteiger partial charge in [0.25, 0.3) is 0 Å². The predicted molar refractivity (Wildman–Crippen MR) is 68.5 cm³/mol. The fraction of sp³-hybridized carbons (Fsp3) is 0.286. The Morgan fingerprint density at radius 1 is 1.31 bits per heavy atom. The first-order valence-electron chi connectivity index (χ1n) is 5.31. The Kier molecular flexibility index (Phi) is 4.32. The lowest BCUT2D eigenvalue weighted by molar-refractivity contribution is 0.408. The van der Waals surface area contributed by atoms with Crippen molar-refractivity contribution in [3.8, 4) is 5.75 Å². The highest BCUT2D eigenvalue weighted by atomic mass is 16.5. The molecular weight excluding hydrogens is 198 g/mol. The van der Waals surface area contributed by atoms with Crippen LogP contribution in [0.15, 0.2) is 49.6 Å². The zero-order valence-electron chi connectivity index (χ0n) is 9.78. The average molecular weight is 217 g/mol. The van der Waals surface area contributed by atoms with Crippen molar-refractivity contribution in [2.75, 3.05) is 7.11 Å². The molecule has 0 unspecified atom stereocenters. The van der Waals surface area contributed by atoms with Gasteiger partial charge in [-0.2, -0.15) is 0 Å². The van der Waals surface area contributed by atoms with Gasteiger partial charge in [-0.15, -0.1) is 13.2 Å². The van der Waals surface area contributed by atoms with Gasteiger partial charge in [0, 0.05) is 5.54 Å². The Hall–Kier alpha value is -1.54. The molecule has 0 fully saturated rings. The highest BCUT2D eigenvalue weighted by molar-refractivity contribution is 5.34. The molecule has 0 aliphatic carbocycles. The molecular formula is C14H19NO. The Balaban J connectivity index is 3.08. The van der Waals surface area contributed by atoms with Gasteiger partial charge < -0.3 is 10.5 Å². The minimum absolute atomic E-state index is 0.432. The normalized spacial score (nSPS) is 10.9. The smallest absolute Gasteiger partial charge is 0.119 e. The van der Waals surface area contributed by atoms with Crippen molar-refractivity contribution in [1.82, 2.24) is 0 Å². The monoisotopic (exact) mass is 217 g/mol. The van der Waals surface area contributed by atoms with Gasteiger partial charge in [0.05, 0.1) is 7.11 Å². The van der Waals surface area contributed by atoms with Crippen LogP contribution < -0.4 is 10.5 Å². The summed E-state index contributed by atoms with van der Waals surface area (Å²) >= 11 is 0. The van der Waals surface area contributed by atoms with Crippen molar-refractivity contribution in [1.29, 1.82) is 0 Å². The second kappa shape index (κ2) is 5.52. The summed E-state index contributed by atoms with van der Waals surface area (Å²) in [5, 5.41) is 0. The van der Waals surface area contributed by atoms with Crippen LogP contribution in [0.4, 0.5) is 0 Å². The standard InChI is InChI=1S/C14H19NO/c1-4-9-14(15,10-5-2)12-7-6-8-13(11-12)16-3/h4-8,11H,1-2,9-10,15H2,3H3. The lowest BCUT2D eigenvalue weighted by Gasteiger charge is -2.28. The van der Waals surface area contributed by atoms with E-state index >= 15 is 0 Å². The molecule has 1 aromatic rings. The largest absolute Gasteiger partial charge is 0.497 e. The molecule has 2 N–H and O–H groups in total. The first kappa shape index (κ1) is 12.5. The van der Waals surface area contributed by atoms with Crippen molar-refractivity contribution in [3.63, 3.8) is 0 Å². The molecule has 0 saturated carbocycles. The number of hydrogen-bond donors (Lipinski definition) is 1. The van der Waals surface area contributed by atoms with Gasteiger partial charge >= 0.3 is 0 Å². The van der Waals surface area contributed by atoms with E-state index < -0.39 is 5.54 Å². The second-order valence-electron chi connectivity index (χ2n) is 3.87. The van der Waals surface area contributed by atoms with Gasteiger partial charge in [-0.25, -0.2) is 0 Å². The van der Waals surface area contributed by atoms with Crippen LogP contribution in [0.2, 0.25) is 0 Å². The maximum Gasteiger partial charge on any atom is 0.119 e. The van der Waals surface area contributed by atoms with E-state index in [1.165, 1.54) is 0 Å². The van der Waals surface area contributed by atoms with Crippen LogP contribution >= 0.6 is 0 Å². The summed E-state index contributed by atoms with van der Waals surface area (Å²) in [6.07, 6.45) is 5.10. The fourth-order valence-electron chi connectivity index (χ4n) is 1.77. The fourth-order valence-corrected chi connectivity index (χ4v) is 1.77. The van der Waals surface area contributed by atoms with E-state index in [0.29, 0.717) is 12.8 Å². The number of benzene rings is 1. The molecule has 0 saturated heterocycles. The molecule has 1 aromatic carbocycles. The first-order valence-corrected chi connectivity index (χ1v) is 5.31. The summed E-state index contributed by atoms with van der Waals surface area (Å²) in [7, 11) is 1.65. The van der Waals surface area contributed by atoms with E-state index in [0.717, 1.165) is 11.3 Å². The molecule has 0 aromatic heterocycles. The molecule has 0 amide bonds. The van der Waals surface area contributed by atoms with Crippen LogP contribution in [-0.2, 0) is 5.54 Å². The molecule has 86 valence electrons. The molecule has 0 bridgehead atoms. The number of methoxy groups -OCH3 is 1. The van der Waals surface area contributed by atoms with Crippen molar-refractivity contribution in [2.45, 2.75) is 18.4 Å². The van der Waals surface area contributed by atoms with Crippen LogP contribution in [0, 0.1) is 0 Å². The molecule has 16 heavy (non-hydrogen) atoms. The van der Waals surface area contributed by atoms with Crippen LogP contribution in [-0.4, -0.2) is 7.11 Å². The van der Waals surface area contributed by atoms with Crippen LogP contribution in [0.5, 0.6) is 5.75 Å². The van der Waals surface area contributed by atoms with Gasteiger partial charge in [-0.05, 0) is 30.5 Å². The SMILES string of the molecule is C=CCC(N)(CC=C)c1cccc(OC)c1. The van der Waals surface area contributed by atoms with Gasteiger partial charge in [-0.3, -0.25) is 0 Å². The van der Waals surface area contributed by atoms with E-state index in [-0.39, 0.29) is 0 Å². The molecule has 0 spiro atoms. The predicted octanol–water partition coefficient (Wildman–Crippen LogP) is 3.00. The minimum atomic E-state index is -0.432. The summed E-state index contributed by atoms with van der Waals surface area (Å²) in [4.78, 5) is 0. The van der Waals surface area contributed by atoms with Crippen molar-refractivity contribution < 1.29 is 4.74 Å². The lowest BCUT2D eigenvalue weighted by Crippen LogP contribution is -2.35. The van der Waals surface area contributed by atoms with E-state index in [1.54, 1.807) is 7.11 Å². The summed E-state index contributed by atoms with van der Waals surface area (Å²) in [5.41, 5.74) is 6.98. The Morgan fingerprint density at radius 3 is 2.44 bits per heavy atom. The topological polar surface area (TPSA) is 35.2 Å². The van der Waals surface area contributed by atoms with Crippen molar-refractivity contribution >= 4 is 0 Å². The van der Waals surface area contributed by atoms with Gasteiger partial charge in [-0.1, -0.05) is 24.3 Å². The molecule has 0 aliphatic rings. The number of rotatable bonds is 6. The molecule has 1 rings (SSSR count). The molecule has 2 nitrogen and oxygen atoms in total. The quantitative estimate of drug-likeness (QED) is 0.743. The molecule has 0 atom stereocenters. The lowest BCUT2D eigenvalue weighted by atomic mass is 9.84. The third-order valence-corrected chi connectivity index (χ3v) is 2.66. The molecule has 2 heteroatoms. The Bertz CT molecular complexity index is 361. The zero-order valence-corrected chi connectivity index (χ0v) is 9.78. The maximum absolute atomic E-state index is 6.37. The van der Waals surface area contributed by atoms with E-state index in [2.05, 4.69) is 13.2 Å². The second-order valence-corrected chi connectivity index (χ2v) is 3.87. The number of ether oxygens (including phenoxy) is 1. The van der Waals surface area contributed by atoms with Gasteiger partial charge in [0.1, 0.15) is 5.75 Å². The Labute approximate surface area is 97.4 Å². The highest BCUT2D eigenvalue weighted by Crippen LogP contribution is 2.29. The number of nitrogens with two attached hydrogens (primary N) is 1. The third-order valence-electron chi connectivity index (χ3n) is 2.66. The van der Waals surface area contributed by atoms with Crippen LogP contribution in [0.25, 0.3) is 0 Å². The summed E-state index contributed by atoms with van der Waals surface area (Å²) < 4.78 is 5.20. The average Bonchev–Trinajstić information content (AvgIpc) is 2.30. The summed E-state index contributed by atoms with van der Waals surface area (Å²) in [5.74, 6) is 0.820. The summed E-state index contributed by atoms with van der Waals surface area (Å²) in [6.45, 7) is 7.50. The maximum atomic E-state index is 6.37. The highest BCUT2D eigenvalue weighted by Gasteiger charge is 2.24.